The van der Waals surface area contributed by atoms with Gasteiger partial charge in [-0.2, -0.15) is 4.98 Å². The lowest BCUT2D eigenvalue weighted by atomic mass is 10.1. The summed E-state index contributed by atoms with van der Waals surface area (Å²) in [7, 11) is 0. The molecular formula is C11H13N3O2. The van der Waals surface area contributed by atoms with Gasteiger partial charge in [-0.1, -0.05) is 0 Å². The Kier molecular flexibility index (Phi) is 2.18. The van der Waals surface area contributed by atoms with E-state index in [2.05, 4.69) is 9.88 Å². The normalized spacial score (nSPS) is 16.2. The molecule has 1 aliphatic heterocycles. The predicted octanol–water partition coefficient (Wildman–Crippen LogP) is 1.41. The van der Waals surface area contributed by atoms with E-state index in [0.717, 1.165) is 43.3 Å². The molecule has 0 saturated carbocycles. The number of hydrogen-bond donors (Lipinski definition) is 1. The van der Waals surface area contributed by atoms with E-state index in [9.17, 15) is 0 Å². The monoisotopic (exact) mass is 219 g/mol. The number of anilines is 1. The Morgan fingerprint density at radius 1 is 1.50 bits per heavy atom. The minimum Gasteiger partial charge on any atom is -0.468 e. The summed E-state index contributed by atoms with van der Waals surface area (Å²) in [4.78, 5) is 6.40. The lowest BCUT2D eigenvalue weighted by Gasteiger charge is -2.23. The third-order valence-corrected chi connectivity index (χ3v) is 2.79. The molecule has 2 aromatic rings. The van der Waals surface area contributed by atoms with Crippen LogP contribution >= 0.6 is 0 Å². The quantitative estimate of drug-likeness (QED) is 0.827. The van der Waals surface area contributed by atoms with Gasteiger partial charge in [0.25, 0.3) is 6.01 Å². The van der Waals surface area contributed by atoms with Crippen molar-refractivity contribution >= 4 is 6.01 Å². The smallest absolute Gasteiger partial charge is 0.292 e. The van der Waals surface area contributed by atoms with E-state index >= 15 is 0 Å². The summed E-state index contributed by atoms with van der Waals surface area (Å²) in [5, 5.41) is 0. The molecule has 5 heteroatoms. The first-order valence-corrected chi connectivity index (χ1v) is 5.30. The van der Waals surface area contributed by atoms with Crippen molar-refractivity contribution in [3.8, 4) is 0 Å². The van der Waals surface area contributed by atoms with Crippen molar-refractivity contribution in [2.45, 2.75) is 19.5 Å². The fourth-order valence-electron chi connectivity index (χ4n) is 2.03. The Morgan fingerprint density at radius 3 is 3.25 bits per heavy atom. The molecule has 0 radical (unpaired) electrons. The zero-order chi connectivity index (χ0) is 11.0. The third-order valence-electron chi connectivity index (χ3n) is 2.79. The maximum Gasteiger partial charge on any atom is 0.292 e. The van der Waals surface area contributed by atoms with E-state index in [0.29, 0.717) is 0 Å². The first-order chi connectivity index (χ1) is 7.81. The van der Waals surface area contributed by atoms with Crippen molar-refractivity contribution in [3.05, 3.63) is 35.6 Å². The Hall–Kier alpha value is -1.75. The third kappa shape index (κ3) is 1.69. The lowest BCUT2D eigenvalue weighted by molar-refractivity contribution is 0.205. The van der Waals surface area contributed by atoms with Gasteiger partial charge in [0.1, 0.15) is 11.5 Å². The van der Waals surface area contributed by atoms with Gasteiger partial charge in [-0.3, -0.25) is 4.90 Å². The van der Waals surface area contributed by atoms with Crippen LogP contribution in [0.25, 0.3) is 0 Å². The summed E-state index contributed by atoms with van der Waals surface area (Å²) >= 11 is 0. The minimum absolute atomic E-state index is 0.268. The van der Waals surface area contributed by atoms with Crippen LogP contribution < -0.4 is 5.73 Å². The number of fused-ring (bicyclic) bond motifs is 1. The number of furan rings is 1. The van der Waals surface area contributed by atoms with Crippen LogP contribution in [0.5, 0.6) is 0 Å². The number of rotatable bonds is 2. The molecule has 0 unspecified atom stereocenters. The van der Waals surface area contributed by atoms with Gasteiger partial charge >= 0.3 is 0 Å². The van der Waals surface area contributed by atoms with E-state index in [1.165, 1.54) is 0 Å². The zero-order valence-electron chi connectivity index (χ0n) is 8.85. The highest BCUT2D eigenvalue weighted by molar-refractivity contribution is 5.22. The number of nitrogens with two attached hydrogens (primary N) is 1. The van der Waals surface area contributed by atoms with Crippen LogP contribution in [0.15, 0.2) is 27.2 Å². The number of aromatic nitrogens is 1. The molecule has 3 rings (SSSR count). The molecule has 16 heavy (non-hydrogen) atoms. The molecule has 5 nitrogen and oxygen atoms in total. The summed E-state index contributed by atoms with van der Waals surface area (Å²) in [5.41, 5.74) is 6.52. The van der Waals surface area contributed by atoms with Crippen LogP contribution in [0.4, 0.5) is 6.01 Å². The molecule has 0 fully saturated rings. The van der Waals surface area contributed by atoms with Crippen LogP contribution in [0.3, 0.4) is 0 Å². The predicted molar refractivity (Wildman–Crippen MR) is 57.4 cm³/mol. The second-order valence-corrected chi connectivity index (χ2v) is 3.96. The van der Waals surface area contributed by atoms with Crippen molar-refractivity contribution in [2.75, 3.05) is 12.3 Å². The van der Waals surface area contributed by atoms with Crippen LogP contribution in [-0.2, 0) is 19.5 Å². The molecule has 0 saturated heterocycles. The highest BCUT2D eigenvalue weighted by atomic mass is 16.4. The molecule has 2 aromatic heterocycles. The molecule has 0 amide bonds. The summed E-state index contributed by atoms with van der Waals surface area (Å²) < 4.78 is 10.7. The number of nitrogens with zero attached hydrogens (tertiary/aromatic N) is 2. The van der Waals surface area contributed by atoms with Crippen molar-refractivity contribution in [1.29, 1.82) is 0 Å². The van der Waals surface area contributed by atoms with E-state index < -0.39 is 0 Å². The molecule has 0 bridgehead atoms. The molecule has 0 aliphatic carbocycles. The van der Waals surface area contributed by atoms with Crippen LogP contribution in [0.1, 0.15) is 17.2 Å². The molecular weight excluding hydrogens is 206 g/mol. The Bertz CT molecular complexity index is 475. The number of nitrogen functional groups attached to an aromatic ring is 1. The molecule has 0 aromatic carbocycles. The van der Waals surface area contributed by atoms with Crippen molar-refractivity contribution in [2.24, 2.45) is 0 Å². The number of hydrogen-bond acceptors (Lipinski definition) is 5. The van der Waals surface area contributed by atoms with Gasteiger partial charge in [0, 0.05) is 13.0 Å². The Balaban J connectivity index is 1.73. The highest BCUT2D eigenvalue weighted by Gasteiger charge is 2.22. The van der Waals surface area contributed by atoms with Gasteiger partial charge in [0.05, 0.1) is 25.0 Å². The maximum atomic E-state index is 5.53. The first-order valence-electron chi connectivity index (χ1n) is 5.30. The summed E-state index contributed by atoms with van der Waals surface area (Å²) in [6.07, 6.45) is 2.58. The van der Waals surface area contributed by atoms with Gasteiger partial charge in [-0.25, -0.2) is 0 Å². The fraction of sp³-hybridized carbons (Fsp3) is 0.364. The molecule has 2 N–H and O–H groups in total. The second kappa shape index (κ2) is 3.68. The SMILES string of the molecule is Nc1nc2c(o1)CN(Cc1ccco1)CC2. The van der Waals surface area contributed by atoms with Gasteiger partial charge in [0.2, 0.25) is 0 Å². The summed E-state index contributed by atoms with van der Waals surface area (Å²) in [6, 6.07) is 4.14. The van der Waals surface area contributed by atoms with Crippen LogP contribution in [-0.4, -0.2) is 16.4 Å². The second-order valence-electron chi connectivity index (χ2n) is 3.96. The van der Waals surface area contributed by atoms with Crippen molar-refractivity contribution in [1.82, 2.24) is 9.88 Å². The van der Waals surface area contributed by atoms with E-state index in [-0.39, 0.29) is 6.01 Å². The first kappa shape index (κ1) is 9.47. The van der Waals surface area contributed by atoms with Crippen LogP contribution in [0.2, 0.25) is 0 Å². The van der Waals surface area contributed by atoms with E-state index in [1.807, 2.05) is 12.1 Å². The maximum absolute atomic E-state index is 5.53. The minimum atomic E-state index is 0.268. The summed E-state index contributed by atoms with van der Waals surface area (Å²) in [5.74, 6) is 1.85. The van der Waals surface area contributed by atoms with E-state index in [1.54, 1.807) is 6.26 Å². The lowest BCUT2D eigenvalue weighted by Crippen LogP contribution is -2.29. The fourth-order valence-corrected chi connectivity index (χ4v) is 2.03. The number of oxazole rings is 1. The Morgan fingerprint density at radius 2 is 2.44 bits per heavy atom. The molecule has 0 atom stereocenters. The van der Waals surface area contributed by atoms with Crippen molar-refractivity contribution < 1.29 is 8.83 Å². The van der Waals surface area contributed by atoms with Gasteiger partial charge in [-0.05, 0) is 12.1 Å². The standard InChI is InChI=1S/C11H13N3O2/c12-11-13-9-3-4-14(7-10(9)16-11)6-8-2-1-5-15-8/h1-2,5H,3-4,6-7H2,(H2,12,13). The highest BCUT2D eigenvalue weighted by Crippen LogP contribution is 2.22. The zero-order valence-corrected chi connectivity index (χ0v) is 8.85. The molecule has 84 valence electrons. The van der Waals surface area contributed by atoms with Gasteiger partial charge < -0.3 is 14.6 Å². The molecule has 3 heterocycles. The molecule has 1 aliphatic rings. The van der Waals surface area contributed by atoms with Crippen molar-refractivity contribution in [3.63, 3.8) is 0 Å². The van der Waals surface area contributed by atoms with Crippen LogP contribution in [0, 0.1) is 0 Å². The average molecular weight is 219 g/mol. The van der Waals surface area contributed by atoms with Gasteiger partial charge in [0.15, 0.2) is 0 Å². The Labute approximate surface area is 92.9 Å². The topological polar surface area (TPSA) is 68.4 Å². The summed E-state index contributed by atoms with van der Waals surface area (Å²) in [6.45, 7) is 2.51. The molecule has 0 spiro atoms. The van der Waals surface area contributed by atoms with Gasteiger partial charge in [-0.15, -0.1) is 0 Å². The average Bonchev–Trinajstić information content (AvgIpc) is 2.85. The van der Waals surface area contributed by atoms with E-state index in [4.69, 9.17) is 14.6 Å². The largest absolute Gasteiger partial charge is 0.468 e.